The molecule has 0 aromatic heterocycles. The molecule has 2 bridgehead atoms. The molecule has 248 valence electrons. The van der Waals surface area contributed by atoms with Crippen LogP contribution in [0, 0.1) is 11.8 Å². The minimum Gasteiger partial charge on any atom is -0.454 e. The number of benzene rings is 4. The zero-order valence-corrected chi connectivity index (χ0v) is 27.9. The van der Waals surface area contributed by atoms with Gasteiger partial charge in [-0.15, -0.1) is 23.2 Å². The van der Waals surface area contributed by atoms with Gasteiger partial charge in [-0.05, 0) is 59.4 Å². The normalized spacial score (nSPS) is 23.0. The highest BCUT2D eigenvalue weighted by Crippen LogP contribution is 2.69. The number of likely N-dealkylation sites (tertiary alicyclic amines) is 1. The molecule has 0 spiro atoms. The smallest absolute Gasteiger partial charge is 0.338 e. The van der Waals surface area contributed by atoms with Crippen molar-refractivity contribution in [2.75, 3.05) is 18.5 Å². The quantitative estimate of drug-likeness (QED) is 0.0607. The topological polar surface area (TPSA) is 110 Å². The van der Waals surface area contributed by atoms with Gasteiger partial charge in [0.1, 0.15) is 9.75 Å². The molecule has 4 aliphatic rings. The molecule has 4 aromatic carbocycles. The number of nitrogens with one attached hydrogen (secondary N) is 1. The fourth-order valence-electron chi connectivity index (χ4n) is 7.51. The second-order valence-corrected chi connectivity index (χ2v) is 13.8. The second kappa shape index (κ2) is 12.9. The number of Topliss-reactive ketones (excluding diaryl/α,β-unsaturated/α-hetero) is 1. The van der Waals surface area contributed by atoms with E-state index in [4.69, 9.17) is 27.9 Å². The van der Waals surface area contributed by atoms with Crippen molar-refractivity contribution in [2.45, 2.75) is 35.4 Å². The Kier molecular flexibility index (Phi) is 8.63. The van der Waals surface area contributed by atoms with Crippen LogP contribution in [0.1, 0.15) is 68.7 Å². The molecule has 0 saturated carbocycles. The van der Waals surface area contributed by atoms with Crippen molar-refractivity contribution in [3.63, 3.8) is 0 Å². The number of hydrogen-bond donors (Lipinski definition) is 1. The van der Waals surface area contributed by atoms with Crippen molar-refractivity contribution < 1.29 is 28.7 Å². The van der Waals surface area contributed by atoms with Gasteiger partial charge >= 0.3 is 5.97 Å². The number of halogens is 2. The molecule has 0 radical (unpaired) electrons. The fourth-order valence-corrected chi connectivity index (χ4v) is 8.61. The summed E-state index contributed by atoms with van der Waals surface area (Å²) in [5, 5.41) is 2.81. The molecule has 10 heteroatoms. The first-order valence-corrected chi connectivity index (χ1v) is 17.0. The van der Waals surface area contributed by atoms with Crippen molar-refractivity contribution in [1.82, 2.24) is 4.90 Å². The van der Waals surface area contributed by atoms with Crippen LogP contribution in [0.3, 0.4) is 0 Å². The van der Waals surface area contributed by atoms with Crippen LogP contribution in [-0.2, 0) is 28.9 Å². The molecule has 3 amide bonds. The molecular weight excluding hydrogens is 663 g/mol. The molecular formula is C39H32Cl2N2O6. The lowest BCUT2D eigenvalue weighted by Crippen LogP contribution is -2.57. The van der Waals surface area contributed by atoms with Crippen LogP contribution in [0.4, 0.5) is 5.69 Å². The van der Waals surface area contributed by atoms with E-state index in [2.05, 4.69) is 5.32 Å². The summed E-state index contributed by atoms with van der Waals surface area (Å²) >= 11 is 14.9. The molecule has 3 aliphatic carbocycles. The lowest BCUT2D eigenvalue weighted by atomic mass is 9.54. The number of amides is 3. The van der Waals surface area contributed by atoms with Crippen LogP contribution < -0.4 is 5.32 Å². The van der Waals surface area contributed by atoms with Crippen LogP contribution in [0.25, 0.3) is 0 Å². The van der Waals surface area contributed by atoms with Crippen molar-refractivity contribution in [3.8, 4) is 0 Å². The maximum Gasteiger partial charge on any atom is 0.338 e. The molecule has 8 nitrogen and oxygen atoms in total. The summed E-state index contributed by atoms with van der Waals surface area (Å²) in [6.45, 7) is -0.153. The molecule has 8 rings (SSSR count). The van der Waals surface area contributed by atoms with E-state index in [1.165, 1.54) is 17.0 Å². The van der Waals surface area contributed by atoms with Crippen LogP contribution in [-0.4, -0.2) is 47.5 Å². The van der Waals surface area contributed by atoms with E-state index in [0.717, 1.165) is 22.3 Å². The average Bonchev–Trinajstić information content (AvgIpc) is 3.39. The Morgan fingerprint density at radius 3 is 1.69 bits per heavy atom. The Morgan fingerprint density at radius 1 is 0.653 bits per heavy atom. The van der Waals surface area contributed by atoms with E-state index in [1.54, 1.807) is 42.5 Å². The van der Waals surface area contributed by atoms with Crippen LogP contribution in [0.2, 0.25) is 0 Å². The number of unbranched alkanes of at least 4 members (excludes halogenated alkanes) is 2. The molecule has 2 atom stereocenters. The number of carbonyl (C=O) groups excluding carboxylic acids is 5. The van der Waals surface area contributed by atoms with Gasteiger partial charge in [0.15, 0.2) is 12.4 Å². The molecule has 1 fully saturated rings. The number of ketones is 1. The number of esters is 1. The van der Waals surface area contributed by atoms with Crippen molar-refractivity contribution in [1.29, 1.82) is 0 Å². The first kappa shape index (κ1) is 32.7. The molecule has 4 aromatic rings. The predicted molar refractivity (Wildman–Crippen MR) is 184 cm³/mol. The number of hydrogen-bond acceptors (Lipinski definition) is 6. The van der Waals surface area contributed by atoms with Gasteiger partial charge in [-0.1, -0.05) is 85.3 Å². The SMILES string of the molecule is O=C(CCCCCN1C(=O)[C@H]2[C@H](C1=O)C1(Cl)c3ccccc3C2(Cl)c2ccccc21)Nc1ccc(C(=O)OCC(=O)c2ccccc2)cc1. The lowest BCUT2D eigenvalue weighted by molar-refractivity contribution is -0.140. The third-order valence-electron chi connectivity index (χ3n) is 9.80. The van der Waals surface area contributed by atoms with E-state index in [-0.39, 0.29) is 48.6 Å². The monoisotopic (exact) mass is 694 g/mol. The third kappa shape index (κ3) is 5.43. The predicted octanol–water partition coefficient (Wildman–Crippen LogP) is 6.82. The Labute approximate surface area is 293 Å². The fraction of sp³-hybridized carbons (Fsp3) is 0.256. The van der Waals surface area contributed by atoms with Gasteiger partial charge in [-0.25, -0.2) is 4.79 Å². The van der Waals surface area contributed by atoms with E-state index in [9.17, 15) is 24.0 Å². The van der Waals surface area contributed by atoms with Gasteiger partial charge < -0.3 is 10.1 Å². The number of rotatable bonds is 11. The van der Waals surface area contributed by atoms with Crippen molar-refractivity contribution in [3.05, 3.63) is 137 Å². The van der Waals surface area contributed by atoms with Crippen LogP contribution >= 0.6 is 23.2 Å². The van der Waals surface area contributed by atoms with Gasteiger partial charge in [0.05, 0.1) is 17.4 Å². The summed E-state index contributed by atoms with van der Waals surface area (Å²) in [5.74, 6) is -3.41. The highest BCUT2D eigenvalue weighted by atomic mass is 35.5. The molecule has 1 saturated heterocycles. The highest BCUT2D eigenvalue weighted by molar-refractivity contribution is 6.36. The zero-order chi connectivity index (χ0) is 34.3. The first-order chi connectivity index (χ1) is 23.7. The Morgan fingerprint density at radius 2 is 1.16 bits per heavy atom. The van der Waals surface area contributed by atoms with Crippen LogP contribution in [0.5, 0.6) is 0 Å². The summed E-state index contributed by atoms with van der Waals surface area (Å²) in [6.07, 6.45) is 1.92. The molecule has 1 N–H and O–H groups in total. The second-order valence-electron chi connectivity index (χ2n) is 12.6. The summed E-state index contributed by atoms with van der Waals surface area (Å²) in [6, 6.07) is 29.9. The van der Waals surface area contributed by atoms with Crippen molar-refractivity contribution in [2.24, 2.45) is 11.8 Å². The minimum absolute atomic E-state index is 0.205. The van der Waals surface area contributed by atoms with E-state index in [1.807, 2.05) is 48.5 Å². The summed E-state index contributed by atoms with van der Waals surface area (Å²) in [5.41, 5.74) is 4.30. The van der Waals surface area contributed by atoms with Gasteiger partial charge in [-0.3, -0.25) is 24.1 Å². The third-order valence-corrected chi connectivity index (χ3v) is 11.1. The number of carbonyl (C=O) groups is 5. The highest BCUT2D eigenvalue weighted by Gasteiger charge is 2.72. The Hall–Kier alpha value is -4.79. The van der Waals surface area contributed by atoms with Crippen molar-refractivity contribution >= 4 is 58.4 Å². The van der Waals surface area contributed by atoms with Gasteiger partial charge in [0, 0.05) is 24.2 Å². The molecule has 1 aliphatic heterocycles. The Bertz CT molecular complexity index is 1860. The number of alkyl halides is 2. The minimum atomic E-state index is -1.20. The van der Waals surface area contributed by atoms with Gasteiger partial charge in [0.25, 0.3) is 0 Å². The van der Waals surface area contributed by atoms with E-state index < -0.39 is 27.6 Å². The number of nitrogens with zero attached hydrogens (tertiary/aromatic N) is 1. The maximum absolute atomic E-state index is 13.9. The van der Waals surface area contributed by atoms with Gasteiger partial charge in [0.2, 0.25) is 17.7 Å². The summed E-state index contributed by atoms with van der Waals surface area (Å²) < 4.78 is 5.14. The standard InChI is InChI=1S/C39H32Cl2N2O6/c40-38-27-13-6-7-14-28(27)39(41,30-16-9-8-15-29(30)38)34-33(38)35(46)43(36(34)47)22-10-2-5-17-32(45)42-26-20-18-25(19-21-26)37(48)49-23-31(44)24-11-3-1-4-12-24/h1,3-4,6-9,11-16,18-21,33-34H,2,5,10,17,22-23H2,(H,42,45)/t33-,34-,38?,39?/m1/s1. The Balaban J connectivity index is 0.907. The summed E-state index contributed by atoms with van der Waals surface area (Å²) in [7, 11) is 0. The van der Waals surface area contributed by atoms with E-state index in [0.29, 0.717) is 30.5 Å². The zero-order valence-electron chi connectivity index (χ0n) is 26.4. The van der Waals surface area contributed by atoms with Gasteiger partial charge in [-0.2, -0.15) is 0 Å². The lowest BCUT2D eigenvalue weighted by Gasteiger charge is -2.54. The summed E-state index contributed by atoms with van der Waals surface area (Å²) in [4.78, 5) is 63.9. The number of imide groups is 1. The first-order valence-electron chi connectivity index (χ1n) is 16.2. The number of ether oxygens (including phenoxy) is 1. The van der Waals surface area contributed by atoms with Crippen LogP contribution in [0.15, 0.2) is 103 Å². The molecule has 49 heavy (non-hydrogen) atoms. The largest absolute Gasteiger partial charge is 0.454 e. The number of anilines is 1. The average molecular weight is 696 g/mol. The molecule has 0 unspecified atom stereocenters. The maximum atomic E-state index is 13.9. The van der Waals surface area contributed by atoms with E-state index >= 15 is 0 Å². The molecule has 1 heterocycles.